The highest BCUT2D eigenvalue weighted by Gasteiger charge is 2.25. The van der Waals surface area contributed by atoms with Crippen LogP contribution in [0.4, 0.5) is 0 Å². The van der Waals surface area contributed by atoms with Crippen molar-refractivity contribution in [2.75, 3.05) is 0 Å². The Kier molecular flexibility index (Phi) is 3.56. The van der Waals surface area contributed by atoms with E-state index < -0.39 is 0 Å². The Morgan fingerprint density at radius 1 is 1.33 bits per heavy atom. The quantitative estimate of drug-likeness (QED) is 0.802. The minimum atomic E-state index is -0.0158. The zero-order valence-corrected chi connectivity index (χ0v) is 13.9. The minimum absolute atomic E-state index is 0.0158. The molecule has 1 aliphatic carbocycles. The van der Waals surface area contributed by atoms with Gasteiger partial charge in [0.25, 0.3) is 5.91 Å². The molecule has 0 spiro atoms. The molecule has 0 bridgehead atoms. The van der Waals surface area contributed by atoms with Gasteiger partial charge in [-0.2, -0.15) is 5.10 Å². The van der Waals surface area contributed by atoms with Gasteiger partial charge in [-0.15, -0.1) is 0 Å². The molecule has 1 saturated carbocycles. The van der Waals surface area contributed by atoms with Gasteiger partial charge in [-0.25, -0.2) is 4.98 Å². The van der Waals surface area contributed by atoms with Crippen LogP contribution >= 0.6 is 0 Å². The van der Waals surface area contributed by atoms with Crippen molar-refractivity contribution in [1.29, 1.82) is 0 Å². The van der Waals surface area contributed by atoms with Gasteiger partial charge in [0.2, 0.25) is 0 Å². The molecule has 1 aliphatic rings. The third-order valence-electron chi connectivity index (χ3n) is 4.55. The number of rotatable bonds is 4. The van der Waals surface area contributed by atoms with Crippen LogP contribution in [0.15, 0.2) is 36.5 Å². The van der Waals surface area contributed by atoms with Crippen molar-refractivity contribution in [2.24, 2.45) is 0 Å². The first-order valence-electron chi connectivity index (χ1n) is 8.41. The average Bonchev–Trinajstić information content (AvgIpc) is 3.33. The first-order chi connectivity index (χ1) is 11.7. The zero-order valence-electron chi connectivity index (χ0n) is 13.9. The van der Waals surface area contributed by atoms with Crippen LogP contribution in [0.1, 0.15) is 35.8 Å². The molecule has 2 heterocycles. The number of pyridine rings is 1. The summed E-state index contributed by atoms with van der Waals surface area (Å²) in [4.78, 5) is 17.4. The van der Waals surface area contributed by atoms with Crippen molar-refractivity contribution >= 4 is 16.8 Å². The van der Waals surface area contributed by atoms with E-state index in [0.29, 0.717) is 11.6 Å². The molecule has 1 amide bonds. The van der Waals surface area contributed by atoms with E-state index in [1.54, 1.807) is 0 Å². The van der Waals surface area contributed by atoms with Crippen molar-refractivity contribution in [3.63, 3.8) is 0 Å². The fraction of sp³-hybridized carbons (Fsp3) is 0.316. The highest BCUT2D eigenvalue weighted by atomic mass is 16.1. The SMILES string of the molecule is CCn1ncc(-c2cc(C(=O)NC3CC3)c3ccccc3n2)c1C. The lowest BCUT2D eigenvalue weighted by atomic mass is 10.0. The highest BCUT2D eigenvalue weighted by molar-refractivity contribution is 6.07. The highest BCUT2D eigenvalue weighted by Crippen LogP contribution is 2.28. The summed E-state index contributed by atoms with van der Waals surface area (Å²) in [6.45, 7) is 4.91. The van der Waals surface area contributed by atoms with Crippen LogP contribution in [0.2, 0.25) is 0 Å². The molecule has 1 N–H and O–H groups in total. The Morgan fingerprint density at radius 3 is 2.83 bits per heavy atom. The van der Waals surface area contributed by atoms with Gasteiger partial charge in [-0.3, -0.25) is 9.48 Å². The van der Waals surface area contributed by atoms with Crippen molar-refractivity contribution in [3.05, 3.63) is 47.8 Å². The first-order valence-corrected chi connectivity index (χ1v) is 8.41. The average molecular weight is 320 g/mol. The number of nitrogens with zero attached hydrogens (tertiary/aromatic N) is 3. The molecule has 0 aliphatic heterocycles. The number of benzene rings is 1. The second-order valence-electron chi connectivity index (χ2n) is 6.28. The Hall–Kier alpha value is -2.69. The maximum atomic E-state index is 12.7. The second-order valence-corrected chi connectivity index (χ2v) is 6.28. The molecule has 0 saturated heterocycles. The maximum absolute atomic E-state index is 12.7. The number of nitrogens with one attached hydrogen (secondary N) is 1. The summed E-state index contributed by atoms with van der Waals surface area (Å²) in [7, 11) is 0. The molecule has 5 heteroatoms. The second kappa shape index (κ2) is 5.74. The van der Waals surface area contributed by atoms with E-state index in [9.17, 15) is 4.79 Å². The molecular weight excluding hydrogens is 300 g/mol. The number of hydrogen-bond acceptors (Lipinski definition) is 3. The van der Waals surface area contributed by atoms with Gasteiger partial charge in [0.15, 0.2) is 0 Å². The van der Waals surface area contributed by atoms with Crippen molar-refractivity contribution in [2.45, 2.75) is 39.3 Å². The zero-order chi connectivity index (χ0) is 16.7. The van der Waals surface area contributed by atoms with E-state index in [-0.39, 0.29) is 5.91 Å². The van der Waals surface area contributed by atoms with Crippen LogP contribution in [0, 0.1) is 6.92 Å². The summed E-state index contributed by atoms with van der Waals surface area (Å²) in [5.41, 5.74) is 4.36. The minimum Gasteiger partial charge on any atom is -0.349 e. The largest absolute Gasteiger partial charge is 0.349 e. The molecule has 0 atom stereocenters. The molecule has 1 aromatic carbocycles. The fourth-order valence-electron chi connectivity index (χ4n) is 3.01. The molecule has 4 rings (SSSR count). The van der Waals surface area contributed by atoms with Crippen molar-refractivity contribution in [1.82, 2.24) is 20.1 Å². The Balaban J connectivity index is 1.87. The number of fused-ring (bicyclic) bond motifs is 1. The molecule has 2 aromatic heterocycles. The van der Waals surface area contributed by atoms with E-state index in [2.05, 4.69) is 17.3 Å². The molecule has 3 aromatic rings. The monoisotopic (exact) mass is 320 g/mol. The van der Waals surface area contributed by atoms with Crippen LogP contribution in [0.5, 0.6) is 0 Å². The third kappa shape index (κ3) is 2.56. The summed E-state index contributed by atoms with van der Waals surface area (Å²) >= 11 is 0. The number of aromatic nitrogens is 3. The lowest BCUT2D eigenvalue weighted by Gasteiger charge is -2.10. The Bertz CT molecular complexity index is 924. The lowest BCUT2D eigenvalue weighted by Crippen LogP contribution is -2.25. The Morgan fingerprint density at radius 2 is 2.12 bits per heavy atom. The number of amides is 1. The Labute approximate surface area is 140 Å². The fourth-order valence-corrected chi connectivity index (χ4v) is 3.01. The molecule has 0 unspecified atom stereocenters. The number of hydrogen-bond donors (Lipinski definition) is 1. The van der Waals surface area contributed by atoms with Crippen LogP contribution in [-0.4, -0.2) is 26.7 Å². The van der Waals surface area contributed by atoms with Crippen LogP contribution in [-0.2, 0) is 6.54 Å². The van der Waals surface area contributed by atoms with Crippen molar-refractivity contribution < 1.29 is 4.79 Å². The molecular formula is C19H20N4O. The van der Waals surface area contributed by atoms with Crippen molar-refractivity contribution in [3.8, 4) is 11.3 Å². The topological polar surface area (TPSA) is 59.8 Å². The summed E-state index contributed by atoms with van der Waals surface area (Å²) in [6.07, 6.45) is 3.98. The summed E-state index contributed by atoms with van der Waals surface area (Å²) in [5, 5.41) is 8.37. The van der Waals surface area contributed by atoms with Crippen LogP contribution < -0.4 is 5.32 Å². The van der Waals surface area contributed by atoms with Gasteiger partial charge < -0.3 is 5.32 Å². The number of para-hydroxylation sites is 1. The smallest absolute Gasteiger partial charge is 0.252 e. The van der Waals surface area contributed by atoms with E-state index in [0.717, 1.165) is 47.2 Å². The van der Waals surface area contributed by atoms with E-state index in [1.807, 2.05) is 48.1 Å². The molecule has 122 valence electrons. The molecule has 1 fully saturated rings. The van der Waals surface area contributed by atoms with Gasteiger partial charge in [-0.05, 0) is 38.8 Å². The van der Waals surface area contributed by atoms with Gasteiger partial charge in [0.05, 0.1) is 23.0 Å². The third-order valence-corrected chi connectivity index (χ3v) is 4.55. The first kappa shape index (κ1) is 14.9. The number of carbonyl (C=O) groups is 1. The molecule has 0 radical (unpaired) electrons. The van der Waals surface area contributed by atoms with Crippen LogP contribution in [0.25, 0.3) is 22.2 Å². The van der Waals surface area contributed by atoms with E-state index in [1.165, 1.54) is 0 Å². The normalized spacial score (nSPS) is 14.1. The van der Waals surface area contributed by atoms with Gasteiger partial charge in [0.1, 0.15) is 0 Å². The van der Waals surface area contributed by atoms with E-state index in [4.69, 9.17) is 4.98 Å². The predicted molar refractivity (Wildman–Crippen MR) is 93.9 cm³/mol. The summed E-state index contributed by atoms with van der Waals surface area (Å²) in [6, 6.07) is 10.0. The molecule has 5 nitrogen and oxygen atoms in total. The maximum Gasteiger partial charge on any atom is 0.252 e. The summed E-state index contributed by atoms with van der Waals surface area (Å²) < 4.78 is 1.94. The van der Waals surface area contributed by atoms with Gasteiger partial charge in [-0.1, -0.05) is 18.2 Å². The van der Waals surface area contributed by atoms with Gasteiger partial charge in [0, 0.05) is 29.2 Å². The lowest BCUT2D eigenvalue weighted by molar-refractivity contribution is 0.0952. The number of aryl methyl sites for hydroxylation is 1. The summed E-state index contributed by atoms with van der Waals surface area (Å²) in [5.74, 6) is -0.0158. The number of carbonyl (C=O) groups excluding carboxylic acids is 1. The van der Waals surface area contributed by atoms with Crippen LogP contribution in [0.3, 0.4) is 0 Å². The van der Waals surface area contributed by atoms with E-state index >= 15 is 0 Å². The molecule has 24 heavy (non-hydrogen) atoms. The van der Waals surface area contributed by atoms with Gasteiger partial charge >= 0.3 is 0 Å². The predicted octanol–water partition coefficient (Wildman–Crippen LogP) is 3.32. The standard InChI is InChI=1S/C19H20N4O/c1-3-23-12(2)16(11-20-23)18-10-15(19(24)21-13-8-9-13)14-6-4-5-7-17(14)22-18/h4-7,10-11,13H,3,8-9H2,1-2H3,(H,21,24).